The van der Waals surface area contributed by atoms with Crippen molar-refractivity contribution in [2.45, 2.75) is 51.4 Å². The molecular weight excluding hydrogens is 426 g/mol. The summed E-state index contributed by atoms with van der Waals surface area (Å²) in [5.74, 6) is 0.978. The van der Waals surface area contributed by atoms with E-state index in [2.05, 4.69) is 49.4 Å². The summed E-state index contributed by atoms with van der Waals surface area (Å²) in [6.45, 7) is 11.4. The zero-order valence-corrected chi connectivity index (χ0v) is 20.3. The number of amides is 1. The lowest BCUT2D eigenvalue weighted by Crippen LogP contribution is -2.48. The molecule has 0 N–H and O–H groups in total. The molecule has 3 aromatic rings. The van der Waals surface area contributed by atoms with Crippen molar-refractivity contribution in [3.63, 3.8) is 0 Å². The van der Waals surface area contributed by atoms with Crippen LogP contribution in [-0.2, 0) is 16.1 Å². The molecule has 3 aromatic carbocycles. The van der Waals surface area contributed by atoms with Crippen LogP contribution >= 0.6 is 0 Å². The maximum absolute atomic E-state index is 12.8. The second-order valence-electron chi connectivity index (χ2n) is 9.77. The second-order valence-corrected chi connectivity index (χ2v) is 9.77. The lowest BCUT2D eigenvalue weighted by atomic mass is 9.87. The van der Waals surface area contributed by atoms with Crippen LogP contribution in [0.3, 0.4) is 0 Å². The minimum Gasteiger partial charge on any atom is -0.494 e. The van der Waals surface area contributed by atoms with Gasteiger partial charge in [-0.25, -0.2) is 4.79 Å². The largest absolute Gasteiger partial charge is 0.494 e. The van der Waals surface area contributed by atoms with Crippen LogP contribution in [-0.4, -0.2) is 42.4 Å². The van der Waals surface area contributed by atoms with Gasteiger partial charge in [0.2, 0.25) is 0 Å². The van der Waals surface area contributed by atoms with Crippen LogP contribution in [0.2, 0.25) is 0 Å². The van der Waals surface area contributed by atoms with Crippen LogP contribution in [0.15, 0.2) is 66.7 Å². The molecule has 0 aliphatic carbocycles. The summed E-state index contributed by atoms with van der Waals surface area (Å²) in [5.41, 5.74) is 1.77. The third kappa shape index (κ3) is 6.09. The Morgan fingerprint density at radius 2 is 1.76 bits per heavy atom. The van der Waals surface area contributed by atoms with Crippen LogP contribution < -0.4 is 4.74 Å². The topological polar surface area (TPSA) is 48.0 Å². The van der Waals surface area contributed by atoms with Crippen molar-refractivity contribution < 1.29 is 19.0 Å². The third-order valence-corrected chi connectivity index (χ3v) is 6.07. The zero-order chi connectivity index (χ0) is 24.1. The van der Waals surface area contributed by atoms with E-state index >= 15 is 0 Å². The molecule has 1 fully saturated rings. The van der Waals surface area contributed by atoms with E-state index in [0.717, 1.165) is 17.7 Å². The van der Waals surface area contributed by atoms with Crippen LogP contribution in [0.4, 0.5) is 4.79 Å². The fourth-order valence-electron chi connectivity index (χ4n) is 4.42. The van der Waals surface area contributed by atoms with Crippen molar-refractivity contribution in [1.82, 2.24) is 4.90 Å². The summed E-state index contributed by atoms with van der Waals surface area (Å²) in [4.78, 5) is 14.5. The predicted molar refractivity (Wildman–Crippen MR) is 135 cm³/mol. The highest BCUT2D eigenvalue weighted by atomic mass is 16.6. The van der Waals surface area contributed by atoms with Gasteiger partial charge in [-0.05, 0) is 74.2 Å². The molecule has 0 saturated carbocycles. The number of carbonyl (C=O) groups is 1. The molecule has 179 valence electrons. The molecule has 1 aliphatic rings. The van der Waals surface area contributed by atoms with Crippen molar-refractivity contribution in [3.05, 3.63) is 84.8 Å². The van der Waals surface area contributed by atoms with E-state index in [0.29, 0.717) is 26.3 Å². The first-order chi connectivity index (χ1) is 16.3. The Balaban J connectivity index is 1.51. The van der Waals surface area contributed by atoms with Crippen LogP contribution in [0.1, 0.15) is 44.2 Å². The molecule has 0 spiro atoms. The molecule has 0 aromatic heterocycles. The van der Waals surface area contributed by atoms with Crippen molar-refractivity contribution in [1.29, 1.82) is 0 Å². The highest BCUT2D eigenvalue weighted by molar-refractivity contribution is 5.82. The molecule has 1 amide bonds. The molecule has 1 saturated heterocycles. The molecule has 1 aliphatic heterocycles. The average Bonchev–Trinajstić information content (AvgIpc) is 2.82. The summed E-state index contributed by atoms with van der Waals surface area (Å²) in [6, 6.07) is 22.8. The summed E-state index contributed by atoms with van der Waals surface area (Å²) < 4.78 is 17.6. The number of piperidine rings is 1. The number of benzene rings is 3. The molecule has 1 radical (unpaired) electrons. The van der Waals surface area contributed by atoms with Gasteiger partial charge in [-0.15, -0.1) is 0 Å². The van der Waals surface area contributed by atoms with Crippen molar-refractivity contribution in [2.24, 2.45) is 0 Å². The Hall–Kier alpha value is -3.05. The highest BCUT2D eigenvalue weighted by Crippen LogP contribution is 2.33. The fraction of sp³-hybridized carbons (Fsp3) is 0.379. The van der Waals surface area contributed by atoms with Gasteiger partial charge in [0.15, 0.2) is 0 Å². The van der Waals surface area contributed by atoms with Crippen LogP contribution in [0.5, 0.6) is 5.75 Å². The maximum atomic E-state index is 12.8. The Bertz CT molecular complexity index is 1100. The van der Waals surface area contributed by atoms with E-state index in [1.807, 2.05) is 45.0 Å². The SMILES string of the molecule is [CH2]COc1ccc(C2CCN(C(=O)OC(C)(C)C)CC2OCc2ccc3ccccc3c2)cc1. The average molecular weight is 461 g/mol. The lowest BCUT2D eigenvalue weighted by molar-refractivity contribution is -0.0359. The normalized spacial score (nSPS) is 18.6. The summed E-state index contributed by atoms with van der Waals surface area (Å²) in [6.07, 6.45) is 0.369. The van der Waals surface area contributed by atoms with Gasteiger partial charge in [-0.3, -0.25) is 0 Å². The van der Waals surface area contributed by atoms with E-state index in [1.54, 1.807) is 4.90 Å². The number of rotatable bonds is 6. The molecule has 2 unspecified atom stereocenters. The Labute approximate surface area is 202 Å². The van der Waals surface area contributed by atoms with Crippen molar-refractivity contribution in [3.8, 4) is 5.75 Å². The number of hydrogen-bond acceptors (Lipinski definition) is 4. The number of ether oxygens (including phenoxy) is 3. The summed E-state index contributed by atoms with van der Waals surface area (Å²) in [7, 11) is 0. The Kier molecular flexibility index (Phi) is 7.42. The number of hydrogen-bond donors (Lipinski definition) is 0. The van der Waals surface area contributed by atoms with Crippen molar-refractivity contribution in [2.75, 3.05) is 19.7 Å². The van der Waals surface area contributed by atoms with Gasteiger partial charge >= 0.3 is 6.09 Å². The minimum absolute atomic E-state index is 0.146. The van der Waals surface area contributed by atoms with Gasteiger partial charge in [0.1, 0.15) is 11.4 Å². The monoisotopic (exact) mass is 460 g/mol. The van der Waals surface area contributed by atoms with Gasteiger partial charge in [0, 0.05) is 12.5 Å². The van der Waals surface area contributed by atoms with Gasteiger partial charge in [-0.2, -0.15) is 0 Å². The van der Waals surface area contributed by atoms with Crippen LogP contribution in [0, 0.1) is 6.92 Å². The van der Waals surface area contributed by atoms with Gasteiger partial charge in [0.25, 0.3) is 0 Å². The number of likely N-dealkylation sites (tertiary alicyclic amines) is 1. The lowest BCUT2D eigenvalue weighted by Gasteiger charge is -2.39. The first-order valence-electron chi connectivity index (χ1n) is 11.9. The van der Waals surface area contributed by atoms with Crippen LogP contribution in [0.25, 0.3) is 10.8 Å². The summed E-state index contributed by atoms with van der Waals surface area (Å²) in [5, 5.41) is 2.41. The molecule has 5 heteroatoms. The predicted octanol–water partition coefficient (Wildman–Crippen LogP) is 6.36. The molecule has 4 rings (SSSR count). The highest BCUT2D eigenvalue weighted by Gasteiger charge is 2.35. The van der Waals surface area contributed by atoms with E-state index in [1.165, 1.54) is 16.3 Å². The smallest absolute Gasteiger partial charge is 0.410 e. The number of carbonyl (C=O) groups excluding carboxylic acids is 1. The van der Waals surface area contributed by atoms with E-state index in [9.17, 15) is 4.79 Å². The molecule has 0 bridgehead atoms. The van der Waals surface area contributed by atoms with E-state index in [4.69, 9.17) is 14.2 Å². The van der Waals surface area contributed by atoms with E-state index in [-0.39, 0.29) is 18.1 Å². The molecule has 34 heavy (non-hydrogen) atoms. The molecule has 5 nitrogen and oxygen atoms in total. The quantitative estimate of drug-likeness (QED) is 0.429. The first-order valence-corrected chi connectivity index (χ1v) is 11.9. The zero-order valence-electron chi connectivity index (χ0n) is 20.3. The standard InChI is InChI=1S/C29H34NO4/c1-5-32-25-14-12-23(13-15-25)26-16-17-30(28(31)34-29(2,3)4)19-27(26)33-20-21-10-11-22-8-6-7-9-24(22)18-21/h6-15,18,26-27H,1,5,16-17,19-20H2,2-4H3. The number of fused-ring (bicyclic) bond motifs is 1. The Morgan fingerprint density at radius 3 is 2.47 bits per heavy atom. The Morgan fingerprint density at radius 1 is 1.03 bits per heavy atom. The van der Waals surface area contributed by atoms with Crippen molar-refractivity contribution >= 4 is 16.9 Å². The molecule has 2 atom stereocenters. The first kappa shape index (κ1) is 24.1. The van der Waals surface area contributed by atoms with Gasteiger partial charge in [0.05, 0.1) is 25.9 Å². The fourth-order valence-corrected chi connectivity index (χ4v) is 4.42. The van der Waals surface area contributed by atoms with Gasteiger partial charge < -0.3 is 19.1 Å². The molecule has 1 heterocycles. The molecular formula is C29H34NO4. The third-order valence-electron chi connectivity index (χ3n) is 6.07. The summed E-state index contributed by atoms with van der Waals surface area (Å²) >= 11 is 0. The van der Waals surface area contributed by atoms with E-state index < -0.39 is 5.60 Å². The minimum atomic E-state index is -0.528. The number of nitrogens with zero attached hydrogens (tertiary/aromatic N) is 1. The maximum Gasteiger partial charge on any atom is 0.410 e. The van der Waals surface area contributed by atoms with Gasteiger partial charge in [-0.1, -0.05) is 48.5 Å². The second kappa shape index (κ2) is 10.5.